The van der Waals surface area contributed by atoms with Gasteiger partial charge >= 0.3 is 0 Å². The highest BCUT2D eigenvalue weighted by molar-refractivity contribution is 5.91. The average Bonchev–Trinajstić information content (AvgIpc) is 2.72. The molecule has 0 bridgehead atoms. The Morgan fingerprint density at radius 1 is 0.964 bits per heavy atom. The first-order valence-electron chi connectivity index (χ1n) is 9.09. The number of rotatable bonds is 6. The number of nitrogens with zero attached hydrogens (tertiary/aromatic N) is 4. The molecule has 0 aromatic carbocycles. The Morgan fingerprint density at radius 3 is 2.36 bits per heavy atom. The average molecular weight is 376 g/mol. The second-order valence-corrected chi connectivity index (χ2v) is 6.58. The van der Waals surface area contributed by atoms with Crippen LogP contribution in [0.15, 0.2) is 64.6 Å². The van der Waals surface area contributed by atoms with Crippen LogP contribution < -0.4 is 11.1 Å². The van der Waals surface area contributed by atoms with Gasteiger partial charge < -0.3 is 13.9 Å². The summed E-state index contributed by atoms with van der Waals surface area (Å²) in [6, 6.07) is 10.8. The van der Waals surface area contributed by atoms with Crippen molar-refractivity contribution in [1.82, 2.24) is 19.1 Å². The third kappa shape index (κ3) is 3.44. The smallest absolute Gasteiger partial charge is 0.260 e. The van der Waals surface area contributed by atoms with Gasteiger partial charge in [0.15, 0.2) is 0 Å². The van der Waals surface area contributed by atoms with E-state index >= 15 is 0 Å². The molecule has 0 amide bonds. The van der Waals surface area contributed by atoms with E-state index in [-0.39, 0.29) is 11.1 Å². The zero-order valence-electron chi connectivity index (χ0n) is 15.5. The van der Waals surface area contributed by atoms with Gasteiger partial charge in [-0.05, 0) is 36.8 Å². The van der Waals surface area contributed by atoms with Crippen molar-refractivity contribution in [2.45, 2.75) is 19.5 Å². The fourth-order valence-electron chi connectivity index (χ4n) is 3.25. The van der Waals surface area contributed by atoms with Crippen LogP contribution in [0, 0.1) is 0 Å². The van der Waals surface area contributed by atoms with Crippen molar-refractivity contribution in [3.8, 4) is 0 Å². The van der Waals surface area contributed by atoms with Crippen LogP contribution in [0.25, 0.3) is 21.8 Å². The van der Waals surface area contributed by atoms with Gasteiger partial charge in [-0.25, -0.2) is 4.98 Å². The summed E-state index contributed by atoms with van der Waals surface area (Å²) < 4.78 is 8.26. The summed E-state index contributed by atoms with van der Waals surface area (Å²) in [5.41, 5.74) is 1.61. The van der Waals surface area contributed by atoms with Gasteiger partial charge in [-0.15, -0.1) is 0 Å². The summed E-state index contributed by atoms with van der Waals surface area (Å²) in [7, 11) is 1.63. The molecule has 0 N–H and O–H groups in total. The largest absolute Gasteiger partial charge is 0.385 e. The molecule has 0 spiro atoms. The van der Waals surface area contributed by atoms with Crippen LogP contribution in [-0.2, 0) is 17.8 Å². The van der Waals surface area contributed by atoms with Gasteiger partial charge in [-0.3, -0.25) is 14.6 Å². The molecule has 28 heavy (non-hydrogen) atoms. The summed E-state index contributed by atoms with van der Waals surface area (Å²) in [5.74, 6) is 0. The highest BCUT2D eigenvalue weighted by atomic mass is 16.5. The molecule has 4 aromatic rings. The monoisotopic (exact) mass is 376 g/mol. The Kier molecular flexibility index (Phi) is 4.99. The van der Waals surface area contributed by atoms with Crippen LogP contribution in [0.1, 0.15) is 12.1 Å². The minimum absolute atomic E-state index is 0.150. The topological polar surface area (TPSA) is 79.0 Å². The molecule has 142 valence electrons. The first-order valence-corrected chi connectivity index (χ1v) is 9.09. The second-order valence-electron chi connectivity index (χ2n) is 6.58. The maximum absolute atomic E-state index is 13.0. The molecule has 0 unspecified atom stereocenters. The van der Waals surface area contributed by atoms with E-state index in [0.29, 0.717) is 41.5 Å². The second kappa shape index (κ2) is 7.74. The van der Waals surface area contributed by atoms with Crippen LogP contribution in [0.3, 0.4) is 0 Å². The maximum atomic E-state index is 13.0. The first-order chi connectivity index (χ1) is 13.7. The molecule has 0 saturated heterocycles. The molecule has 7 nitrogen and oxygen atoms in total. The highest BCUT2D eigenvalue weighted by Gasteiger charge is 2.10. The molecule has 4 rings (SSSR count). The lowest BCUT2D eigenvalue weighted by molar-refractivity contribution is 0.190. The van der Waals surface area contributed by atoms with Crippen LogP contribution in [0.5, 0.6) is 0 Å². The van der Waals surface area contributed by atoms with Crippen LogP contribution in [0.4, 0.5) is 0 Å². The van der Waals surface area contributed by atoms with Crippen molar-refractivity contribution in [2.75, 3.05) is 13.7 Å². The predicted molar refractivity (Wildman–Crippen MR) is 108 cm³/mol. The minimum Gasteiger partial charge on any atom is -0.385 e. The number of aryl methyl sites for hydroxylation is 1. The van der Waals surface area contributed by atoms with Crippen LogP contribution in [0.2, 0.25) is 0 Å². The summed E-state index contributed by atoms with van der Waals surface area (Å²) >= 11 is 0. The molecule has 7 heteroatoms. The normalized spacial score (nSPS) is 11.3. The summed E-state index contributed by atoms with van der Waals surface area (Å²) in [6.45, 7) is 1.50. The third-order valence-corrected chi connectivity index (χ3v) is 4.69. The van der Waals surface area contributed by atoms with Gasteiger partial charge in [0.25, 0.3) is 11.1 Å². The van der Waals surface area contributed by atoms with E-state index in [1.807, 2.05) is 24.3 Å². The standard InChI is InChI=1S/C21H20N4O3/c1-28-12-4-9-24-10-6-18-16(20(24)26)13-17-19(23-18)7-11-25(21(17)27)14-15-5-2-3-8-22-15/h2-3,5-8,10-11,13H,4,9,12,14H2,1H3. The molecule has 0 aliphatic rings. The van der Waals surface area contributed by atoms with Gasteiger partial charge in [0, 0.05) is 38.9 Å². The van der Waals surface area contributed by atoms with Crippen molar-refractivity contribution in [1.29, 1.82) is 0 Å². The molecule has 0 atom stereocenters. The number of hydrogen-bond acceptors (Lipinski definition) is 5. The van der Waals surface area contributed by atoms with E-state index in [0.717, 1.165) is 12.1 Å². The Morgan fingerprint density at radius 2 is 1.68 bits per heavy atom. The van der Waals surface area contributed by atoms with Gasteiger partial charge in [0.1, 0.15) is 0 Å². The fraction of sp³-hybridized carbons (Fsp3) is 0.238. The fourth-order valence-corrected chi connectivity index (χ4v) is 3.25. The van der Waals surface area contributed by atoms with E-state index < -0.39 is 0 Å². The molecule has 4 aromatic heterocycles. The van der Waals surface area contributed by atoms with Crippen molar-refractivity contribution < 1.29 is 4.74 Å². The number of pyridine rings is 4. The lowest BCUT2D eigenvalue weighted by Gasteiger charge is -2.09. The maximum Gasteiger partial charge on any atom is 0.260 e. The van der Waals surface area contributed by atoms with Crippen molar-refractivity contribution in [3.63, 3.8) is 0 Å². The van der Waals surface area contributed by atoms with Crippen molar-refractivity contribution in [3.05, 3.63) is 81.4 Å². The Hall–Kier alpha value is -3.32. The molecular weight excluding hydrogens is 356 g/mol. The van der Waals surface area contributed by atoms with E-state index in [4.69, 9.17) is 4.74 Å². The minimum atomic E-state index is -0.188. The Bertz CT molecular complexity index is 1250. The molecule has 4 heterocycles. The zero-order chi connectivity index (χ0) is 19.5. The Labute approximate surface area is 160 Å². The zero-order valence-corrected chi connectivity index (χ0v) is 15.5. The van der Waals surface area contributed by atoms with Crippen molar-refractivity contribution >= 4 is 21.8 Å². The van der Waals surface area contributed by atoms with E-state index in [2.05, 4.69) is 9.97 Å². The number of hydrogen-bond donors (Lipinski definition) is 0. The van der Waals surface area contributed by atoms with Gasteiger partial charge in [0.05, 0.1) is 34.0 Å². The molecule has 0 radical (unpaired) electrons. The van der Waals surface area contributed by atoms with Gasteiger partial charge in [-0.2, -0.15) is 0 Å². The number of ether oxygens (including phenoxy) is 1. The van der Waals surface area contributed by atoms with Crippen LogP contribution in [-0.4, -0.2) is 32.8 Å². The van der Waals surface area contributed by atoms with Crippen molar-refractivity contribution in [2.24, 2.45) is 0 Å². The predicted octanol–water partition coefficient (Wildman–Crippen LogP) is 2.19. The van der Waals surface area contributed by atoms with E-state index in [1.54, 1.807) is 47.0 Å². The molecule has 0 fully saturated rings. The summed E-state index contributed by atoms with van der Waals surface area (Å²) in [6.07, 6.45) is 5.88. The lowest BCUT2D eigenvalue weighted by atomic mass is 10.2. The first kappa shape index (κ1) is 18.1. The molecule has 0 aliphatic heterocycles. The van der Waals surface area contributed by atoms with E-state index in [1.165, 1.54) is 0 Å². The lowest BCUT2D eigenvalue weighted by Crippen LogP contribution is -2.23. The quantitative estimate of drug-likeness (QED) is 0.381. The van der Waals surface area contributed by atoms with Gasteiger partial charge in [0.2, 0.25) is 0 Å². The van der Waals surface area contributed by atoms with Gasteiger partial charge in [-0.1, -0.05) is 6.07 Å². The SMILES string of the molecule is COCCCn1ccc2nc3ccn(Cc4ccccn4)c(=O)c3cc2c1=O. The number of fused-ring (bicyclic) bond motifs is 2. The number of aromatic nitrogens is 4. The highest BCUT2D eigenvalue weighted by Crippen LogP contribution is 2.14. The Balaban J connectivity index is 1.80. The third-order valence-electron chi connectivity index (χ3n) is 4.69. The number of methoxy groups -OCH3 is 1. The molecular formula is C21H20N4O3. The van der Waals surface area contributed by atoms with E-state index in [9.17, 15) is 9.59 Å². The van der Waals surface area contributed by atoms with Crippen LogP contribution >= 0.6 is 0 Å². The molecule has 0 saturated carbocycles. The molecule has 0 aliphatic carbocycles. The summed E-state index contributed by atoms with van der Waals surface area (Å²) in [4.78, 5) is 34.6. The summed E-state index contributed by atoms with van der Waals surface area (Å²) in [5, 5.41) is 0.873.